The molecule has 0 bridgehead atoms. The first-order valence-corrected chi connectivity index (χ1v) is 12.0. The summed E-state index contributed by atoms with van der Waals surface area (Å²) in [5.74, 6) is 2.06. The number of nitrogens with one attached hydrogen (secondary N) is 2. The van der Waals surface area contributed by atoms with Crippen molar-refractivity contribution in [3.63, 3.8) is 0 Å². The lowest BCUT2D eigenvalue weighted by Crippen LogP contribution is -2.40. The van der Waals surface area contributed by atoms with Gasteiger partial charge in [-0.25, -0.2) is 0 Å². The third-order valence-electron chi connectivity index (χ3n) is 6.79. The molecule has 0 saturated carbocycles. The Kier molecular flexibility index (Phi) is 11.6. The molecular weight excluding hydrogens is 364 g/mol. The second-order valence-electron chi connectivity index (χ2n) is 9.06. The molecule has 0 unspecified atom stereocenters. The molecule has 2 heterocycles. The summed E-state index contributed by atoms with van der Waals surface area (Å²) in [6.45, 7) is 8.90. The lowest BCUT2D eigenvalue weighted by molar-refractivity contribution is -0.122. The fraction of sp³-hybridized carbons (Fsp3) is 0.913. The second kappa shape index (κ2) is 14.0. The molecule has 2 amide bonds. The Labute approximate surface area is 178 Å². The Morgan fingerprint density at radius 1 is 0.862 bits per heavy atom. The van der Waals surface area contributed by atoms with Crippen LogP contribution in [0, 0.1) is 11.8 Å². The van der Waals surface area contributed by atoms with Crippen LogP contribution < -0.4 is 10.6 Å². The SMILES string of the molecule is CCCCNC(=O)CCN1CCC(CCCC2CCN(CC(=O)NC)CC2)CC1. The van der Waals surface area contributed by atoms with Crippen molar-refractivity contribution < 1.29 is 9.59 Å². The quantitative estimate of drug-likeness (QED) is 0.487. The summed E-state index contributed by atoms with van der Waals surface area (Å²) in [6.07, 6.45) is 12.0. The molecule has 2 aliphatic rings. The van der Waals surface area contributed by atoms with Gasteiger partial charge in [0.05, 0.1) is 6.54 Å². The fourth-order valence-electron chi connectivity index (χ4n) is 4.66. The van der Waals surface area contributed by atoms with Crippen LogP contribution in [-0.4, -0.2) is 74.5 Å². The number of hydrogen-bond acceptors (Lipinski definition) is 4. The first-order chi connectivity index (χ1) is 14.1. The number of nitrogens with zero attached hydrogens (tertiary/aromatic N) is 2. The molecule has 6 heteroatoms. The Bertz CT molecular complexity index is 469. The lowest BCUT2D eigenvalue weighted by atomic mass is 9.87. The number of rotatable bonds is 12. The molecule has 0 radical (unpaired) electrons. The smallest absolute Gasteiger partial charge is 0.233 e. The lowest BCUT2D eigenvalue weighted by Gasteiger charge is -2.33. The molecule has 2 rings (SSSR count). The number of amides is 2. The predicted molar refractivity (Wildman–Crippen MR) is 119 cm³/mol. The normalized spacial score (nSPS) is 19.9. The van der Waals surface area contributed by atoms with Crippen LogP contribution >= 0.6 is 0 Å². The molecule has 0 aromatic rings. The Hall–Kier alpha value is -1.14. The van der Waals surface area contributed by atoms with Crippen molar-refractivity contribution in [1.29, 1.82) is 0 Å². The van der Waals surface area contributed by atoms with E-state index < -0.39 is 0 Å². The van der Waals surface area contributed by atoms with Gasteiger partial charge in [0, 0.05) is 26.6 Å². The number of piperidine rings is 2. The van der Waals surface area contributed by atoms with Gasteiger partial charge in [0.1, 0.15) is 0 Å². The molecule has 2 fully saturated rings. The summed E-state index contributed by atoms with van der Waals surface area (Å²) in [5.41, 5.74) is 0. The monoisotopic (exact) mass is 408 g/mol. The maximum Gasteiger partial charge on any atom is 0.233 e. The van der Waals surface area contributed by atoms with Gasteiger partial charge >= 0.3 is 0 Å². The van der Waals surface area contributed by atoms with Crippen molar-refractivity contribution in [1.82, 2.24) is 20.4 Å². The number of likely N-dealkylation sites (tertiary alicyclic amines) is 2. The van der Waals surface area contributed by atoms with Crippen molar-refractivity contribution in [2.45, 2.75) is 71.1 Å². The van der Waals surface area contributed by atoms with Gasteiger partial charge in [0.2, 0.25) is 11.8 Å². The number of hydrogen-bond donors (Lipinski definition) is 2. The van der Waals surface area contributed by atoms with E-state index in [1.807, 2.05) is 0 Å². The molecule has 2 N–H and O–H groups in total. The van der Waals surface area contributed by atoms with Crippen molar-refractivity contribution >= 4 is 11.8 Å². The fourth-order valence-corrected chi connectivity index (χ4v) is 4.66. The van der Waals surface area contributed by atoms with Crippen molar-refractivity contribution in [2.24, 2.45) is 11.8 Å². The van der Waals surface area contributed by atoms with E-state index in [4.69, 9.17) is 0 Å². The molecular formula is C23H44N4O2. The molecule has 2 aliphatic heterocycles. The zero-order chi connectivity index (χ0) is 20.9. The average Bonchev–Trinajstić information content (AvgIpc) is 2.74. The van der Waals surface area contributed by atoms with Crippen LogP contribution in [0.4, 0.5) is 0 Å². The van der Waals surface area contributed by atoms with Gasteiger partial charge in [0.25, 0.3) is 0 Å². The van der Waals surface area contributed by atoms with Crippen molar-refractivity contribution in [3.8, 4) is 0 Å². The van der Waals surface area contributed by atoms with E-state index in [-0.39, 0.29) is 11.8 Å². The highest BCUT2D eigenvalue weighted by atomic mass is 16.2. The zero-order valence-electron chi connectivity index (χ0n) is 18.9. The Morgan fingerprint density at radius 3 is 2.00 bits per heavy atom. The Balaban J connectivity index is 1.48. The van der Waals surface area contributed by atoms with E-state index in [0.717, 1.165) is 63.9 Å². The van der Waals surface area contributed by atoms with E-state index >= 15 is 0 Å². The van der Waals surface area contributed by atoms with Crippen LogP contribution in [0.3, 0.4) is 0 Å². The molecule has 0 aromatic carbocycles. The maximum absolute atomic E-state index is 11.8. The molecule has 2 saturated heterocycles. The maximum atomic E-state index is 11.8. The molecule has 0 spiro atoms. The van der Waals surface area contributed by atoms with Crippen molar-refractivity contribution in [2.75, 3.05) is 52.9 Å². The number of unbranched alkanes of at least 4 members (excludes halogenated alkanes) is 1. The van der Waals surface area contributed by atoms with Gasteiger partial charge in [-0.2, -0.15) is 0 Å². The van der Waals surface area contributed by atoms with Gasteiger partial charge in [-0.1, -0.05) is 32.6 Å². The van der Waals surface area contributed by atoms with Gasteiger partial charge in [-0.3, -0.25) is 14.5 Å². The van der Waals surface area contributed by atoms with E-state index in [0.29, 0.717) is 13.0 Å². The first-order valence-electron chi connectivity index (χ1n) is 12.0. The number of likely N-dealkylation sites (N-methyl/N-ethyl adjacent to an activating group) is 1. The van der Waals surface area contributed by atoms with E-state index in [2.05, 4.69) is 27.4 Å². The van der Waals surface area contributed by atoms with Crippen LogP contribution in [-0.2, 0) is 9.59 Å². The molecule has 0 aromatic heterocycles. The highest BCUT2D eigenvalue weighted by Gasteiger charge is 2.22. The zero-order valence-corrected chi connectivity index (χ0v) is 18.9. The van der Waals surface area contributed by atoms with Gasteiger partial charge in [-0.05, 0) is 70.1 Å². The van der Waals surface area contributed by atoms with Crippen LogP contribution in [0.25, 0.3) is 0 Å². The van der Waals surface area contributed by atoms with E-state index in [1.165, 1.54) is 44.9 Å². The summed E-state index contributed by atoms with van der Waals surface area (Å²) in [5, 5.41) is 5.73. The van der Waals surface area contributed by atoms with E-state index in [1.54, 1.807) is 7.05 Å². The molecule has 0 aliphatic carbocycles. The minimum absolute atomic E-state index is 0.131. The van der Waals surface area contributed by atoms with Crippen LogP contribution in [0.15, 0.2) is 0 Å². The standard InChI is InChI=1S/C23H44N4O2/c1-3-4-13-25-22(28)12-18-26-14-8-20(9-15-26)6-5-7-21-10-16-27(17-11-21)19-23(29)24-2/h20-21H,3-19H2,1-2H3,(H,24,29)(H,25,28). The largest absolute Gasteiger partial charge is 0.358 e. The summed E-state index contributed by atoms with van der Waals surface area (Å²) >= 11 is 0. The predicted octanol–water partition coefficient (Wildman–Crippen LogP) is 2.63. The van der Waals surface area contributed by atoms with E-state index in [9.17, 15) is 9.59 Å². The molecule has 0 atom stereocenters. The Morgan fingerprint density at radius 2 is 1.45 bits per heavy atom. The minimum atomic E-state index is 0.131. The molecule has 168 valence electrons. The summed E-state index contributed by atoms with van der Waals surface area (Å²) < 4.78 is 0. The number of carbonyl (C=O) groups is 2. The topological polar surface area (TPSA) is 64.7 Å². The highest BCUT2D eigenvalue weighted by Crippen LogP contribution is 2.27. The van der Waals surface area contributed by atoms with Gasteiger partial charge in [-0.15, -0.1) is 0 Å². The first kappa shape index (κ1) is 24.1. The third kappa shape index (κ3) is 9.94. The van der Waals surface area contributed by atoms with Crippen molar-refractivity contribution in [3.05, 3.63) is 0 Å². The summed E-state index contributed by atoms with van der Waals surface area (Å²) in [7, 11) is 1.71. The van der Waals surface area contributed by atoms with Crippen LogP contribution in [0.5, 0.6) is 0 Å². The van der Waals surface area contributed by atoms with Crippen LogP contribution in [0.1, 0.15) is 71.1 Å². The summed E-state index contributed by atoms with van der Waals surface area (Å²) in [6, 6.07) is 0. The van der Waals surface area contributed by atoms with Crippen LogP contribution in [0.2, 0.25) is 0 Å². The second-order valence-corrected chi connectivity index (χ2v) is 9.06. The van der Waals surface area contributed by atoms with Gasteiger partial charge < -0.3 is 15.5 Å². The molecule has 6 nitrogen and oxygen atoms in total. The molecule has 29 heavy (non-hydrogen) atoms. The number of carbonyl (C=O) groups excluding carboxylic acids is 2. The van der Waals surface area contributed by atoms with Gasteiger partial charge in [0.15, 0.2) is 0 Å². The summed E-state index contributed by atoms with van der Waals surface area (Å²) in [4.78, 5) is 28.1. The highest BCUT2D eigenvalue weighted by molar-refractivity contribution is 5.77. The average molecular weight is 409 g/mol. The third-order valence-corrected chi connectivity index (χ3v) is 6.79. The minimum Gasteiger partial charge on any atom is -0.358 e.